The zero-order chi connectivity index (χ0) is 17.1. The second-order valence-corrected chi connectivity index (χ2v) is 6.62. The summed E-state index contributed by atoms with van der Waals surface area (Å²) in [6.45, 7) is 2.72. The van der Waals surface area contributed by atoms with E-state index < -0.39 is 12.0 Å². The molecule has 1 atom stereocenters. The number of anilines is 1. The van der Waals surface area contributed by atoms with Gasteiger partial charge in [0.05, 0.1) is 23.0 Å². The molecule has 0 bridgehead atoms. The Balaban J connectivity index is 1.76. The number of nitrogens with two attached hydrogens (primary N) is 1. The number of carbonyl (C=O) groups is 2. The molecule has 3 amide bonds. The van der Waals surface area contributed by atoms with Crippen LogP contribution in [0, 0.1) is 6.92 Å². The smallest absolute Gasteiger partial charge is 0.323 e. The van der Waals surface area contributed by atoms with Gasteiger partial charge in [0, 0.05) is 6.54 Å². The van der Waals surface area contributed by atoms with Crippen molar-refractivity contribution in [3.8, 4) is 10.4 Å². The Morgan fingerprint density at radius 3 is 2.83 bits per heavy atom. The third-order valence-corrected chi connectivity index (χ3v) is 4.69. The molecule has 8 heteroatoms. The molecule has 0 unspecified atom stereocenters. The van der Waals surface area contributed by atoms with Crippen molar-refractivity contribution in [2.24, 2.45) is 5.73 Å². The van der Waals surface area contributed by atoms with Crippen LogP contribution in [0.15, 0.2) is 30.3 Å². The average Bonchev–Trinajstić information content (AvgIpc) is 2.96. The summed E-state index contributed by atoms with van der Waals surface area (Å²) in [5, 5.41) is 3.70. The monoisotopic (exact) mass is 346 g/mol. The number of thiazole rings is 1. The van der Waals surface area contributed by atoms with Gasteiger partial charge in [0.1, 0.15) is 0 Å². The Bertz CT molecular complexity index is 747. The molecule has 1 aromatic carbocycles. The zero-order valence-corrected chi connectivity index (χ0v) is 14.0. The van der Waals surface area contributed by atoms with Gasteiger partial charge in [0.2, 0.25) is 5.91 Å². The highest BCUT2D eigenvalue weighted by atomic mass is 32.1. The van der Waals surface area contributed by atoms with Crippen LogP contribution in [0.2, 0.25) is 0 Å². The van der Waals surface area contributed by atoms with Crippen LogP contribution in [-0.2, 0) is 9.53 Å². The third-order valence-electron chi connectivity index (χ3n) is 3.67. The van der Waals surface area contributed by atoms with Crippen LogP contribution in [0.3, 0.4) is 0 Å². The number of aryl methyl sites for hydroxylation is 1. The highest BCUT2D eigenvalue weighted by Crippen LogP contribution is 2.33. The number of hydrogen-bond donors (Lipinski definition) is 2. The fourth-order valence-electron chi connectivity index (χ4n) is 2.48. The first-order valence-electron chi connectivity index (χ1n) is 7.54. The maximum absolute atomic E-state index is 12.5. The molecular weight excluding hydrogens is 328 g/mol. The Morgan fingerprint density at radius 2 is 2.12 bits per heavy atom. The van der Waals surface area contributed by atoms with Gasteiger partial charge in [-0.25, -0.2) is 9.78 Å². The summed E-state index contributed by atoms with van der Waals surface area (Å²) in [5.74, 6) is -0.0437. The van der Waals surface area contributed by atoms with Crippen molar-refractivity contribution in [3.05, 3.63) is 35.3 Å². The predicted molar refractivity (Wildman–Crippen MR) is 91.8 cm³/mol. The molecule has 1 aliphatic heterocycles. The van der Waals surface area contributed by atoms with Crippen molar-refractivity contribution in [1.29, 1.82) is 0 Å². The molecular formula is C16H18N4O3S. The average molecular weight is 346 g/mol. The van der Waals surface area contributed by atoms with Gasteiger partial charge in [0.15, 0.2) is 11.9 Å². The molecule has 126 valence electrons. The molecule has 2 aromatic rings. The number of hydrogen-bond acceptors (Lipinski definition) is 5. The maximum atomic E-state index is 12.5. The van der Waals surface area contributed by atoms with Gasteiger partial charge in [-0.1, -0.05) is 30.3 Å². The summed E-state index contributed by atoms with van der Waals surface area (Å²) in [4.78, 5) is 30.6. The van der Waals surface area contributed by atoms with Crippen LogP contribution in [0.5, 0.6) is 0 Å². The van der Waals surface area contributed by atoms with Crippen molar-refractivity contribution in [2.75, 3.05) is 25.0 Å². The largest absolute Gasteiger partial charge is 0.367 e. The molecule has 0 aliphatic carbocycles. The molecule has 24 heavy (non-hydrogen) atoms. The highest BCUT2D eigenvalue weighted by Gasteiger charge is 2.28. The van der Waals surface area contributed by atoms with Crippen LogP contribution in [0.25, 0.3) is 10.4 Å². The lowest BCUT2D eigenvalue weighted by Crippen LogP contribution is -2.51. The lowest BCUT2D eigenvalue weighted by Gasteiger charge is -2.31. The van der Waals surface area contributed by atoms with Crippen LogP contribution in [0.1, 0.15) is 5.01 Å². The van der Waals surface area contributed by atoms with Gasteiger partial charge >= 0.3 is 6.03 Å². The summed E-state index contributed by atoms with van der Waals surface area (Å²) >= 11 is 1.52. The summed E-state index contributed by atoms with van der Waals surface area (Å²) in [6, 6.07) is 9.45. The number of primary amides is 1. The minimum Gasteiger partial charge on any atom is -0.367 e. The number of nitrogens with zero attached hydrogens (tertiary/aromatic N) is 2. The van der Waals surface area contributed by atoms with Gasteiger partial charge in [-0.15, -0.1) is 11.3 Å². The SMILES string of the molecule is Cc1nc(NC(=O)N2CCO[C@H](C(N)=O)C2)c(-c2ccccc2)s1. The lowest BCUT2D eigenvalue weighted by atomic mass is 10.2. The van der Waals surface area contributed by atoms with Crippen molar-refractivity contribution < 1.29 is 14.3 Å². The number of nitrogens with one attached hydrogen (secondary N) is 1. The van der Waals surface area contributed by atoms with Crippen LogP contribution < -0.4 is 11.1 Å². The Kier molecular flexibility index (Phi) is 4.77. The molecule has 1 aromatic heterocycles. The van der Waals surface area contributed by atoms with E-state index in [0.717, 1.165) is 15.4 Å². The van der Waals surface area contributed by atoms with E-state index in [1.807, 2.05) is 37.3 Å². The third kappa shape index (κ3) is 3.55. The summed E-state index contributed by atoms with van der Waals surface area (Å²) in [5.41, 5.74) is 6.25. The zero-order valence-electron chi connectivity index (χ0n) is 13.2. The van der Waals surface area contributed by atoms with Gasteiger partial charge in [0.25, 0.3) is 0 Å². The second-order valence-electron chi connectivity index (χ2n) is 5.41. The quantitative estimate of drug-likeness (QED) is 0.886. The molecule has 1 fully saturated rings. The van der Waals surface area contributed by atoms with E-state index in [0.29, 0.717) is 12.4 Å². The van der Waals surface area contributed by atoms with E-state index in [2.05, 4.69) is 10.3 Å². The number of ether oxygens (including phenoxy) is 1. The second kappa shape index (κ2) is 6.98. The molecule has 0 spiro atoms. The first-order valence-corrected chi connectivity index (χ1v) is 8.36. The van der Waals surface area contributed by atoms with Crippen LogP contribution in [-0.4, -0.2) is 47.6 Å². The fourth-order valence-corrected chi connectivity index (χ4v) is 3.36. The molecule has 2 heterocycles. The van der Waals surface area contributed by atoms with E-state index in [1.54, 1.807) is 0 Å². The van der Waals surface area contributed by atoms with Crippen molar-refractivity contribution in [2.45, 2.75) is 13.0 Å². The Labute approximate surface area is 143 Å². The van der Waals surface area contributed by atoms with E-state index in [4.69, 9.17) is 10.5 Å². The minimum absolute atomic E-state index is 0.144. The number of morpholine rings is 1. The van der Waals surface area contributed by atoms with E-state index in [-0.39, 0.29) is 19.2 Å². The molecule has 1 saturated heterocycles. The van der Waals surface area contributed by atoms with Crippen LogP contribution >= 0.6 is 11.3 Å². The number of aromatic nitrogens is 1. The summed E-state index contributed by atoms with van der Waals surface area (Å²) < 4.78 is 5.26. The number of carbonyl (C=O) groups excluding carboxylic acids is 2. The fraction of sp³-hybridized carbons (Fsp3) is 0.312. The molecule has 0 radical (unpaired) electrons. The van der Waals surface area contributed by atoms with Crippen LogP contribution in [0.4, 0.5) is 10.6 Å². The van der Waals surface area contributed by atoms with Gasteiger partial charge < -0.3 is 15.4 Å². The summed E-state index contributed by atoms with van der Waals surface area (Å²) in [6.07, 6.45) is -0.768. The minimum atomic E-state index is -0.768. The van der Waals surface area contributed by atoms with Crippen molar-refractivity contribution in [3.63, 3.8) is 0 Å². The number of benzene rings is 1. The van der Waals surface area contributed by atoms with Crippen molar-refractivity contribution in [1.82, 2.24) is 9.88 Å². The summed E-state index contributed by atoms with van der Waals surface area (Å²) in [7, 11) is 0. The lowest BCUT2D eigenvalue weighted by molar-refractivity contribution is -0.133. The van der Waals surface area contributed by atoms with E-state index in [1.165, 1.54) is 16.2 Å². The van der Waals surface area contributed by atoms with Gasteiger partial charge in [-0.2, -0.15) is 0 Å². The standard InChI is InChI=1S/C16H18N4O3S/c1-10-18-15(13(24-10)11-5-3-2-4-6-11)19-16(22)20-7-8-23-12(9-20)14(17)21/h2-6,12H,7-9H2,1H3,(H2,17,21)(H,19,22)/t12-/m0/s1. The van der Waals surface area contributed by atoms with E-state index in [9.17, 15) is 9.59 Å². The van der Waals surface area contributed by atoms with E-state index >= 15 is 0 Å². The molecule has 0 saturated carbocycles. The highest BCUT2D eigenvalue weighted by molar-refractivity contribution is 7.15. The van der Waals surface area contributed by atoms with Gasteiger partial charge in [-0.3, -0.25) is 10.1 Å². The molecule has 3 N–H and O–H groups in total. The number of rotatable bonds is 3. The molecule has 1 aliphatic rings. The first kappa shape index (κ1) is 16.4. The molecule has 7 nitrogen and oxygen atoms in total. The number of amides is 3. The maximum Gasteiger partial charge on any atom is 0.323 e. The predicted octanol–water partition coefficient (Wildman–Crippen LogP) is 1.84. The van der Waals surface area contributed by atoms with Gasteiger partial charge in [-0.05, 0) is 12.5 Å². The van der Waals surface area contributed by atoms with Crippen molar-refractivity contribution >= 4 is 29.1 Å². The Hall–Kier alpha value is -2.45. The first-order chi connectivity index (χ1) is 11.5. The normalized spacial score (nSPS) is 17.5. The topological polar surface area (TPSA) is 97.6 Å². The molecule has 3 rings (SSSR count). The number of urea groups is 1. The Morgan fingerprint density at radius 1 is 1.38 bits per heavy atom.